The zero-order chi connectivity index (χ0) is 13.1. The van der Waals surface area contributed by atoms with Crippen molar-refractivity contribution in [3.8, 4) is 0 Å². The molecule has 0 aromatic heterocycles. The smallest absolute Gasteiger partial charge is 0.294 e. The third-order valence-corrected chi connectivity index (χ3v) is 3.66. The fraction of sp³-hybridized carbons (Fsp3) is 0.273. The van der Waals surface area contributed by atoms with E-state index in [0.717, 1.165) is 22.0 Å². The summed E-state index contributed by atoms with van der Waals surface area (Å²) in [6.45, 7) is 8.28. The Hall–Kier alpha value is -0.980. The molecule has 0 aliphatic carbocycles. The second-order valence-corrected chi connectivity index (χ2v) is 6.23. The van der Waals surface area contributed by atoms with Gasteiger partial charge in [0.15, 0.2) is 0 Å². The molecule has 1 rings (SSSR count). The van der Waals surface area contributed by atoms with Crippen LogP contribution in [0.25, 0.3) is 0 Å². The zero-order valence-corrected chi connectivity index (χ0v) is 11.4. The van der Waals surface area contributed by atoms with Crippen LogP contribution in [0.4, 0.5) is 5.69 Å². The Bertz CT molecular complexity index is 524. The summed E-state index contributed by atoms with van der Waals surface area (Å²) in [5.74, 6) is 0. The van der Waals surface area contributed by atoms with E-state index >= 15 is 0 Å². The highest BCUT2D eigenvalue weighted by molar-refractivity contribution is 8.03. The molecule has 0 saturated heterocycles. The first-order valence-electron chi connectivity index (χ1n) is 5.03. The maximum atomic E-state index is 11.0. The van der Waals surface area contributed by atoms with Gasteiger partial charge in [0.05, 0.1) is 4.90 Å². The molecule has 0 fully saturated rings. The second kappa shape index (κ2) is 5.57. The predicted octanol–water partition coefficient (Wildman–Crippen LogP) is 2.99. The first-order chi connectivity index (χ1) is 7.84. The minimum atomic E-state index is -4.16. The fourth-order valence-electron chi connectivity index (χ4n) is 1.27. The maximum absolute atomic E-state index is 11.0. The number of allylic oxidation sites excluding steroid dienone is 1. The summed E-state index contributed by atoms with van der Waals surface area (Å²) in [5, 5.41) is 3.12. The van der Waals surface area contributed by atoms with Gasteiger partial charge in [-0.3, -0.25) is 4.55 Å². The quantitative estimate of drug-likeness (QED) is 0.637. The van der Waals surface area contributed by atoms with E-state index < -0.39 is 10.1 Å². The van der Waals surface area contributed by atoms with Gasteiger partial charge >= 0.3 is 0 Å². The summed E-state index contributed by atoms with van der Waals surface area (Å²) in [5.41, 5.74) is 0.827. The van der Waals surface area contributed by atoms with Gasteiger partial charge in [-0.05, 0) is 37.0 Å². The highest BCUT2D eigenvalue weighted by Crippen LogP contribution is 2.33. The van der Waals surface area contributed by atoms with Crippen LogP contribution in [0.2, 0.25) is 0 Å². The Morgan fingerprint density at radius 1 is 1.53 bits per heavy atom. The van der Waals surface area contributed by atoms with Gasteiger partial charge in [0.25, 0.3) is 10.1 Å². The number of hydrogen-bond donors (Lipinski definition) is 2. The van der Waals surface area contributed by atoms with E-state index in [1.165, 1.54) is 23.9 Å². The van der Waals surface area contributed by atoms with Crippen molar-refractivity contribution < 1.29 is 13.0 Å². The lowest BCUT2D eigenvalue weighted by atomic mass is 10.3. The third-order valence-electron chi connectivity index (χ3n) is 1.90. The molecule has 2 N–H and O–H groups in total. The van der Waals surface area contributed by atoms with Crippen molar-refractivity contribution >= 4 is 27.6 Å². The minimum absolute atomic E-state index is 0.108. The molecule has 0 atom stereocenters. The lowest BCUT2D eigenvalue weighted by Gasteiger charge is -2.11. The average Bonchev–Trinajstić information content (AvgIpc) is 2.18. The number of benzene rings is 1. The van der Waals surface area contributed by atoms with Crippen molar-refractivity contribution in [1.82, 2.24) is 0 Å². The molecule has 0 heterocycles. The van der Waals surface area contributed by atoms with Crippen LogP contribution in [0.15, 0.2) is 39.5 Å². The van der Waals surface area contributed by atoms with Crippen LogP contribution < -0.4 is 5.32 Å². The summed E-state index contributed by atoms with van der Waals surface area (Å²) in [7, 11) is -4.16. The van der Waals surface area contributed by atoms with Gasteiger partial charge in [0.1, 0.15) is 0 Å². The van der Waals surface area contributed by atoms with Crippen molar-refractivity contribution in [2.75, 3.05) is 11.9 Å². The highest BCUT2D eigenvalue weighted by Gasteiger charge is 2.13. The first-order valence-corrected chi connectivity index (χ1v) is 7.29. The van der Waals surface area contributed by atoms with Crippen LogP contribution in [0.3, 0.4) is 0 Å². The summed E-state index contributed by atoms with van der Waals surface area (Å²) in [4.78, 5) is 1.47. The molecule has 0 spiro atoms. The first kappa shape index (κ1) is 14.1. The van der Waals surface area contributed by atoms with Crippen LogP contribution >= 0.6 is 11.8 Å². The van der Waals surface area contributed by atoms with Gasteiger partial charge in [-0.2, -0.15) is 8.42 Å². The molecule has 0 amide bonds. The molecule has 1 aromatic carbocycles. The molecule has 0 aliphatic heterocycles. The van der Waals surface area contributed by atoms with Gasteiger partial charge in [0.2, 0.25) is 0 Å². The van der Waals surface area contributed by atoms with Crippen molar-refractivity contribution in [2.45, 2.75) is 23.6 Å². The van der Waals surface area contributed by atoms with E-state index in [1.807, 2.05) is 13.8 Å². The number of hydrogen-bond acceptors (Lipinski definition) is 4. The normalized spacial score (nSPS) is 11.2. The van der Waals surface area contributed by atoms with Crippen molar-refractivity contribution in [2.24, 2.45) is 0 Å². The van der Waals surface area contributed by atoms with Crippen molar-refractivity contribution in [1.29, 1.82) is 0 Å². The van der Waals surface area contributed by atoms with Crippen LogP contribution in [0.5, 0.6) is 0 Å². The average molecular weight is 273 g/mol. The maximum Gasteiger partial charge on any atom is 0.294 e. The monoisotopic (exact) mass is 273 g/mol. The van der Waals surface area contributed by atoms with Crippen LogP contribution in [0, 0.1) is 0 Å². The summed E-state index contributed by atoms with van der Waals surface area (Å²) in [6.07, 6.45) is 0. The molecule has 0 saturated carbocycles. The van der Waals surface area contributed by atoms with Gasteiger partial charge in [-0.15, -0.1) is 0 Å². The van der Waals surface area contributed by atoms with E-state index in [1.54, 1.807) is 6.07 Å². The van der Waals surface area contributed by atoms with Crippen LogP contribution in [0.1, 0.15) is 13.8 Å². The fourth-order valence-corrected chi connectivity index (χ4v) is 2.66. The van der Waals surface area contributed by atoms with Crippen LogP contribution in [-0.4, -0.2) is 19.5 Å². The number of nitrogens with one attached hydrogen (secondary N) is 1. The van der Waals surface area contributed by atoms with Gasteiger partial charge in [-0.25, -0.2) is 0 Å². The van der Waals surface area contributed by atoms with Crippen molar-refractivity contribution in [3.05, 3.63) is 29.7 Å². The summed E-state index contributed by atoms with van der Waals surface area (Å²) < 4.78 is 31.1. The largest absolute Gasteiger partial charge is 0.384 e. The molecular weight excluding hydrogens is 258 g/mol. The molecule has 0 radical (unpaired) electrons. The summed E-state index contributed by atoms with van der Waals surface area (Å²) >= 11 is 1.36. The molecular formula is C11H15NO3S2. The lowest BCUT2D eigenvalue weighted by molar-refractivity contribution is 0.483. The third kappa shape index (κ3) is 4.07. The van der Waals surface area contributed by atoms with E-state index in [-0.39, 0.29) is 4.90 Å². The molecule has 0 unspecified atom stereocenters. The predicted molar refractivity (Wildman–Crippen MR) is 71.1 cm³/mol. The molecule has 4 nitrogen and oxygen atoms in total. The molecule has 17 heavy (non-hydrogen) atoms. The number of anilines is 1. The van der Waals surface area contributed by atoms with E-state index in [4.69, 9.17) is 4.55 Å². The molecule has 6 heteroatoms. The van der Waals surface area contributed by atoms with E-state index in [9.17, 15) is 8.42 Å². The molecule has 1 aromatic rings. The molecule has 94 valence electrons. The van der Waals surface area contributed by atoms with E-state index in [2.05, 4.69) is 11.9 Å². The minimum Gasteiger partial charge on any atom is -0.384 e. The topological polar surface area (TPSA) is 66.4 Å². The number of thioether (sulfide) groups is 1. The number of rotatable bonds is 5. The van der Waals surface area contributed by atoms with Crippen LogP contribution in [-0.2, 0) is 10.1 Å². The Morgan fingerprint density at radius 2 is 2.18 bits per heavy atom. The Kier molecular flexibility index (Phi) is 4.62. The SMILES string of the molecule is C=C(C)Sc1cc(S(=O)(=O)O)ccc1NCC. The van der Waals surface area contributed by atoms with Gasteiger partial charge in [0, 0.05) is 17.1 Å². The Morgan fingerprint density at radius 3 is 2.65 bits per heavy atom. The summed E-state index contributed by atoms with van der Waals surface area (Å²) in [6, 6.07) is 4.44. The standard InChI is InChI=1S/C11H15NO3S2/c1-4-12-10-6-5-9(17(13,14)15)7-11(10)16-8(2)3/h5-7,12H,2,4H2,1,3H3,(H,13,14,15). The van der Waals surface area contributed by atoms with Crippen molar-refractivity contribution in [3.63, 3.8) is 0 Å². The van der Waals surface area contributed by atoms with Gasteiger partial charge in [-0.1, -0.05) is 18.3 Å². The lowest BCUT2D eigenvalue weighted by Crippen LogP contribution is -2.02. The Labute approximate surface area is 106 Å². The zero-order valence-electron chi connectivity index (χ0n) is 9.73. The van der Waals surface area contributed by atoms with Gasteiger partial charge < -0.3 is 5.32 Å². The second-order valence-electron chi connectivity index (χ2n) is 3.47. The molecule has 0 bridgehead atoms. The van der Waals surface area contributed by atoms with E-state index in [0.29, 0.717) is 0 Å². The Balaban J connectivity index is 3.23. The molecule has 0 aliphatic rings. The highest BCUT2D eigenvalue weighted by atomic mass is 32.2.